The van der Waals surface area contributed by atoms with Crippen molar-refractivity contribution in [3.63, 3.8) is 0 Å². The maximum atomic E-state index is 12.0. The molecule has 86 valence electrons. The highest BCUT2D eigenvalue weighted by molar-refractivity contribution is 7.90. The summed E-state index contributed by atoms with van der Waals surface area (Å²) in [6, 6.07) is 6.27. The second-order valence-corrected chi connectivity index (χ2v) is 5.31. The molecule has 1 aliphatic rings. The fourth-order valence-electron chi connectivity index (χ4n) is 1.67. The van der Waals surface area contributed by atoms with Gasteiger partial charge in [-0.25, -0.2) is 12.7 Å². The van der Waals surface area contributed by atoms with Crippen molar-refractivity contribution in [2.75, 3.05) is 20.1 Å². The molecule has 2 rings (SSSR count). The lowest BCUT2D eigenvalue weighted by Crippen LogP contribution is -2.35. The molecule has 5 nitrogen and oxygen atoms in total. The Labute approximate surface area is 94.1 Å². The van der Waals surface area contributed by atoms with Gasteiger partial charge in [0, 0.05) is 6.54 Å². The molecule has 16 heavy (non-hydrogen) atoms. The van der Waals surface area contributed by atoms with Crippen molar-refractivity contribution < 1.29 is 13.2 Å². The van der Waals surface area contributed by atoms with Gasteiger partial charge in [-0.1, -0.05) is 12.1 Å². The number of hydrogen-bond acceptors (Lipinski definition) is 4. The van der Waals surface area contributed by atoms with Crippen LogP contribution in [0.3, 0.4) is 0 Å². The van der Waals surface area contributed by atoms with Crippen LogP contribution in [0.1, 0.15) is 10.4 Å². The molecule has 0 aromatic heterocycles. The number of likely N-dealkylation sites (N-methyl/N-ethyl adjacent to an activating group) is 1. The third-order valence-electron chi connectivity index (χ3n) is 2.48. The van der Waals surface area contributed by atoms with Crippen LogP contribution in [0.25, 0.3) is 0 Å². The Morgan fingerprint density at radius 3 is 2.62 bits per heavy atom. The molecule has 0 spiro atoms. The fourth-order valence-corrected chi connectivity index (χ4v) is 3.24. The first-order chi connectivity index (χ1) is 7.59. The lowest BCUT2D eigenvalue weighted by Gasteiger charge is -2.14. The lowest BCUT2D eigenvalue weighted by molar-refractivity contribution is 0.0872. The van der Waals surface area contributed by atoms with Crippen molar-refractivity contribution in [3.05, 3.63) is 29.8 Å². The van der Waals surface area contributed by atoms with Gasteiger partial charge >= 0.3 is 0 Å². The van der Waals surface area contributed by atoms with E-state index in [4.69, 9.17) is 0 Å². The van der Waals surface area contributed by atoms with E-state index in [9.17, 15) is 13.2 Å². The van der Waals surface area contributed by atoms with Gasteiger partial charge < -0.3 is 5.32 Å². The maximum absolute atomic E-state index is 12.0. The smallest absolute Gasteiger partial charge is 0.269 e. The van der Waals surface area contributed by atoms with E-state index in [1.807, 2.05) is 0 Å². The van der Waals surface area contributed by atoms with Gasteiger partial charge in [-0.3, -0.25) is 4.79 Å². The monoisotopic (exact) mass is 240 g/mol. The van der Waals surface area contributed by atoms with Gasteiger partial charge in [-0.05, 0) is 19.2 Å². The Kier molecular flexibility index (Phi) is 2.69. The summed E-state index contributed by atoms with van der Waals surface area (Å²) in [5.41, 5.74) is 0.263. The van der Waals surface area contributed by atoms with Crippen LogP contribution in [0.5, 0.6) is 0 Å². The predicted molar refractivity (Wildman–Crippen MR) is 58.6 cm³/mol. The number of carbonyl (C=O) groups is 1. The number of fused-ring (bicyclic) bond motifs is 1. The van der Waals surface area contributed by atoms with Gasteiger partial charge in [-0.15, -0.1) is 0 Å². The molecule has 1 aliphatic heterocycles. The Morgan fingerprint density at radius 1 is 1.31 bits per heavy atom. The summed E-state index contributed by atoms with van der Waals surface area (Å²) in [4.78, 5) is 11.9. The normalized spacial score (nSPS) is 17.6. The first-order valence-corrected chi connectivity index (χ1v) is 6.33. The fraction of sp³-hybridized carbons (Fsp3) is 0.300. The zero-order valence-corrected chi connectivity index (χ0v) is 9.62. The van der Waals surface area contributed by atoms with E-state index in [1.54, 1.807) is 19.2 Å². The van der Waals surface area contributed by atoms with Crippen LogP contribution < -0.4 is 5.32 Å². The summed E-state index contributed by atoms with van der Waals surface area (Å²) in [7, 11) is -1.92. The molecule has 0 saturated carbocycles. The van der Waals surface area contributed by atoms with Gasteiger partial charge in [0.1, 0.15) is 4.90 Å². The Bertz CT molecular complexity index is 525. The molecule has 6 heteroatoms. The summed E-state index contributed by atoms with van der Waals surface area (Å²) < 4.78 is 24.9. The molecule has 0 fully saturated rings. The molecule has 0 atom stereocenters. The highest BCUT2D eigenvalue weighted by Gasteiger charge is 2.40. The Balaban J connectivity index is 2.46. The van der Waals surface area contributed by atoms with Crippen molar-refractivity contribution >= 4 is 15.9 Å². The topological polar surface area (TPSA) is 66.5 Å². The minimum atomic E-state index is -3.62. The number of sulfonamides is 1. The third-order valence-corrected chi connectivity index (χ3v) is 4.32. The van der Waals surface area contributed by atoms with Gasteiger partial charge in [-0.2, -0.15) is 0 Å². The van der Waals surface area contributed by atoms with Crippen LogP contribution in [-0.2, 0) is 10.0 Å². The molecule has 1 amide bonds. The van der Waals surface area contributed by atoms with Gasteiger partial charge in [0.05, 0.1) is 12.1 Å². The van der Waals surface area contributed by atoms with Crippen molar-refractivity contribution in [2.45, 2.75) is 4.90 Å². The molecular weight excluding hydrogens is 228 g/mol. The maximum Gasteiger partial charge on any atom is 0.269 e. The second kappa shape index (κ2) is 3.88. The van der Waals surface area contributed by atoms with Crippen molar-refractivity contribution in [3.8, 4) is 0 Å². The van der Waals surface area contributed by atoms with E-state index in [1.165, 1.54) is 12.1 Å². The van der Waals surface area contributed by atoms with Crippen molar-refractivity contribution in [2.24, 2.45) is 0 Å². The van der Waals surface area contributed by atoms with E-state index >= 15 is 0 Å². The molecule has 1 aromatic rings. The molecule has 1 heterocycles. The van der Waals surface area contributed by atoms with Crippen LogP contribution >= 0.6 is 0 Å². The quantitative estimate of drug-likeness (QED) is 0.810. The first-order valence-electron chi connectivity index (χ1n) is 4.89. The molecular formula is C10H12N2O3S. The average molecular weight is 240 g/mol. The number of hydrogen-bond donors (Lipinski definition) is 1. The number of benzene rings is 1. The minimum absolute atomic E-state index is 0.108. The lowest BCUT2D eigenvalue weighted by atomic mass is 10.2. The molecule has 0 unspecified atom stereocenters. The SMILES string of the molecule is CNCCN1C(=O)c2ccccc2S1(=O)=O. The van der Waals surface area contributed by atoms with Gasteiger partial charge in [0.25, 0.3) is 15.9 Å². The summed E-state index contributed by atoms with van der Waals surface area (Å²) in [6.45, 7) is 0.602. The number of amides is 1. The Morgan fingerprint density at radius 2 is 2.00 bits per heavy atom. The van der Waals surface area contributed by atoms with Crippen molar-refractivity contribution in [1.82, 2.24) is 9.62 Å². The van der Waals surface area contributed by atoms with Crippen LogP contribution in [0.15, 0.2) is 29.2 Å². The van der Waals surface area contributed by atoms with Gasteiger partial charge in [0.15, 0.2) is 0 Å². The number of rotatable bonds is 3. The second-order valence-electron chi connectivity index (χ2n) is 3.48. The zero-order chi connectivity index (χ0) is 11.8. The summed E-state index contributed by atoms with van der Waals surface area (Å²) >= 11 is 0. The van der Waals surface area contributed by atoms with E-state index in [0.717, 1.165) is 4.31 Å². The Hall–Kier alpha value is -1.40. The summed E-state index contributed by atoms with van der Waals surface area (Å²) in [5.74, 6) is -0.439. The van der Waals surface area contributed by atoms with E-state index in [2.05, 4.69) is 5.32 Å². The standard InChI is InChI=1S/C10H12N2O3S/c1-11-6-7-12-10(13)8-4-2-3-5-9(8)16(12,14)15/h2-5,11H,6-7H2,1H3. The molecule has 0 bridgehead atoms. The highest BCUT2D eigenvalue weighted by Crippen LogP contribution is 2.29. The summed E-state index contributed by atoms with van der Waals surface area (Å²) in [6.07, 6.45) is 0. The predicted octanol–water partition coefficient (Wildman–Crippen LogP) is 0.0505. The average Bonchev–Trinajstić information content (AvgIpc) is 2.46. The van der Waals surface area contributed by atoms with Crippen LogP contribution in [-0.4, -0.2) is 38.8 Å². The molecule has 0 radical (unpaired) electrons. The molecule has 1 N–H and O–H groups in total. The number of nitrogens with one attached hydrogen (secondary N) is 1. The minimum Gasteiger partial charge on any atom is -0.318 e. The summed E-state index contributed by atoms with van der Waals surface area (Å²) in [5, 5.41) is 2.82. The van der Waals surface area contributed by atoms with Crippen LogP contribution in [0, 0.1) is 0 Å². The zero-order valence-electron chi connectivity index (χ0n) is 8.80. The third kappa shape index (κ3) is 1.50. The first kappa shape index (κ1) is 11.1. The van der Waals surface area contributed by atoms with Crippen LogP contribution in [0.4, 0.5) is 0 Å². The van der Waals surface area contributed by atoms with Crippen LogP contribution in [0.2, 0.25) is 0 Å². The van der Waals surface area contributed by atoms with E-state index in [-0.39, 0.29) is 17.0 Å². The largest absolute Gasteiger partial charge is 0.318 e. The van der Waals surface area contributed by atoms with E-state index < -0.39 is 15.9 Å². The van der Waals surface area contributed by atoms with Crippen molar-refractivity contribution in [1.29, 1.82) is 0 Å². The van der Waals surface area contributed by atoms with E-state index in [0.29, 0.717) is 6.54 Å². The van der Waals surface area contributed by atoms with Gasteiger partial charge in [0.2, 0.25) is 0 Å². The number of nitrogens with zero attached hydrogens (tertiary/aromatic N) is 1. The highest BCUT2D eigenvalue weighted by atomic mass is 32.2. The molecule has 1 aromatic carbocycles. The molecule has 0 aliphatic carbocycles. The number of carbonyl (C=O) groups excluding carboxylic acids is 1. The molecule has 0 saturated heterocycles.